The van der Waals surface area contributed by atoms with Crippen LogP contribution in [0.2, 0.25) is 0 Å². The van der Waals surface area contributed by atoms with Gasteiger partial charge in [0.1, 0.15) is 22.5 Å². The molecule has 4 N–H and O–H groups in total. The summed E-state index contributed by atoms with van der Waals surface area (Å²) in [5.41, 5.74) is 9.71. The van der Waals surface area contributed by atoms with Crippen molar-refractivity contribution in [2.75, 3.05) is 18.8 Å². The van der Waals surface area contributed by atoms with Gasteiger partial charge in [-0.2, -0.15) is 5.26 Å². The van der Waals surface area contributed by atoms with Gasteiger partial charge in [0, 0.05) is 35.5 Å². The number of nitrogens with two attached hydrogens (primary N) is 1. The summed E-state index contributed by atoms with van der Waals surface area (Å²) in [6.45, 7) is 9.65. The van der Waals surface area contributed by atoms with E-state index in [0.717, 1.165) is 11.1 Å². The molecule has 0 aliphatic heterocycles. The Bertz CT molecular complexity index is 1380. The first-order valence-corrected chi connectivity index (χ1v) is 13.3. The Morgan fingerprint density at radius 3 is 2.51 bits per heavy atom. The fourth-order valence-corrected chi connectivity index (χ4v) is 4.67. The number of nitrogen functional groups attached to an aromatic ring is 1. The molecule has 0 aliphatic rings. The molecule has 2 amide bonds. The predicted octanol–water partition coefficient (Wildman–Crippen LogP) is 4.95. The first-order chi connectivity index (χ1) is 18.6. The number of carbonyl (C=O) groups is 2. The van der Waals surface area contributed by atoms with Gasteiger partial charge >= 0.3 is 6.09 Å². The van der Waals surface area contributed by atoms with Crippen molar-refractivity contribution in [3.05, 3.63) is 76.9 Å². The van der Waals surface area contributed by atoms with Crippen molar-refractivity contribution in [1.29, 1.82) is 5.26 Å². The molecule has 3 aromatic rings. The van der Waals surface area contributed by atoms with Crippen molar-refractivity contribution in [1.82, 2.24) is 15.6 Å². The van der Waals surface area contributed by atoms with Gasteiger partial charge in [-0.25, -0.2) is 9.78 Å². The smallest absolute Gasteiger partial charge is 0.407 e. The topological polar surface area (TPSA) is 142 Å². The molecule has 39 heavy (non-hydrogen) atoms. The predicted molar refractivity (Wildman–Crippen MR) is 155 cm³/mol. The SMILES string of the molecule is C=NCc1c(N)nc(SCc2cccc(C(=O)NCCNC(=O)OC(C)(C)C)c2)c(C#N)c1-c1ccccc1. The third kappa shape index (κ3) is 8.32. The number of nitrogens with zero attached hydrogens (tertiary/aromatic N) is 3. The summed E-state index contributed by atoms with van der Waals surface area (Å²) in [7, 11) is 0. The second kappa shape index (κ2) is 13.4. The van der Waals surface area contributed by atoms with Crippen molar-refractivity contribution in [2.24, 2.45) is 4.99 Å². The van der Waals surface area contributed by atoms with Crippen LogP contribution in [0.15, 0.2) is 64.6 Å². The maximum Gasteiger partial charge on any atom is 0.407 e. The number of amides is 2. The summed E-state index contributed by atoms with van der Waals surface area (Å²) in [4.78, 5) is 32.9. The summed E-state index contributed by atoms with van der Waals surface area (Å²) in [6.07, 6.45) is -0.536. The first-order valence-electron chi connectivity index (χ1n) is 12.3. The van der Waals surface area contributed by atoms with Crippen molar-refractivity contribution in [3.63, 3.8) is 0 Å². The second-order valence-corrected chi connectivity index (χ2v) is 10.5. The fourth-order valence-electron chi connectivity index (χ4n) is 3.73. The minimum Gasteiger partial charge on any atom is -0.444 e. The Kier molecular flexibility index (Phi) is 10.1. The molecule has 0 saturated carbocycles. The number of ether oxygens (including phenoxy) is 1. The highest BCUT2D eigenvalue weighted by Gasteiger charge is 2.20. The van der Waals surface area contributed by atoms with E-state index in [1.54, 1.807) is 39.0 Å². The molecule has 0 atom stereocenters. The number of anilines is 1. The molecular weight excluding hydrogens is 512 g/mol. The van der Waals surface area contributed by atoms with E-state index in [2.05, 4.69) is 33.4 Å². The molecule has 0 radical (unpaired) electrons. The van der Waals surface area contributed by atoms with Gasteiger partial charge in [-0.1, -0.05) is 42.5 Å². The Morgan fingerprint density at radius 2 is 1.85 bits per heavy atom. The number of aliphatic imine (C=N–C) groups is 1. The van der Waals surface area contributed by atoms with Crippen LogP contribution in [0.25, 0.3) is 11.1 Å². The number of thioether (sulfide) groups is 1. The fraction of sp³-hybridized carbons (Fsp3) is 0.276. The van der Waals surface area contributed by atoms with Crippen LogP contribution in [0.1, 0.15) is 47.8 Å². The molecule has 0 spiro atoms. The molecule has 1 aromatic heterocycles. The zero-order chi connectivity index (χ0) is 28.4. The third-order valence-corrected chi connectivity index (χ3v) is 6.43. The average molecular weight is 545 g/mol. The van der Waals surface area contributed by atoms with Gasteiger partial charge in [0.2, 0.25) is 0 Å². The minimum absolute atomic E-state index is 0.237. The van der Waals surface area contributed by atoms with E-state index < -0.39 is 11.7 Å². The number of hydrogen-bond acceptors (Lipinski definition) is 8. The molecule has 0 saturated heterocycles. The van der Waals surface area contributed by atoms with Crippen LogP contribution >= 0.6 is 11.8 Å². The molecule has 9 nitrogen and oxygen atoms in total. The Labute approximate surface area is 232 Å². The van der Waals surface area contributed by atoms with Crippen LogP contribution in [0.3, 0.4) is 0 Å². The zero-order valence-electron chi connectivity index (χ0n) is 22.3. The lowest BCUT2D eigenvalue weighted by atomic mass is 9.96. The summed E-state index contributed by atoms with van der Waals surface area (Å²) in [5, 5.41) is 16.0. The van der Waals surface area contributed by atoms with E-state index in [1.165, 1.54) is 11.8 Å². The lowest BCUT2D eigenvalue weighted by molar-refractivity contribution is 0.0526. The summed E-state index contributed by atoms with van der Waals surface area (Å²) in [5.74, 6) is 0.506. The van der Waals surface area contributed by atoms with Crippen LogP contribution in [0, 0.1) is 11.3 Å². The number of rotatable bonds is 10. The Morgan fingerprint density at radius 1 is 1.13 bits per heavy atom. The van der Waals surface area contributed by atoms with E-state index in [-0.39, 0.29) is 25.5 Å². The van der Waals surface area contributed by atoms with E-state index >= 15 is 0 Å². The second-order valence-electron chi connectivity index (χ2n) is 9.56. The lowest BCUT2D eigenvalue weighted by Gasteiger charge is -2.19. The molecule has 0 fully saturated rings. The Balaban J connectivity index is 1.71. The normalized spacial score (nSPS) is 10.8. The number of aromatic nitrogens is 1. The number of alkyl carbamates (subject to hydrolysis) is 1. The number of benzene rings is 2. The number of nitriles is 1. The van der Waals surface area contributed by atoms with E-state index in [4.69, 9.17) is 10.5 Å². The van der Waals surface area contributed by atoms with Gasteiger partial charge < -0.3 is 21.1 Å². The highest BCUT2D eigenvalue weighted by molar-refractivity contribution is 7.98. The standard InChI is InChI=1S/C29H32N6O3S/c1-29(2,3)38-28(37)34-14-13-33-26(36)21-12-8-9-19(15-21)18-39-27-22(16-30)24(20-10-6-5-7-11-20)23(17-32-4)25(31)35-27/h5-12,15H,4,13-14,17-18H2,1-3H3,(H2,31,35)(H,33,36)(H,34,37). The van der Waals surface area contributed by atoms with Crippen LogP contribution in [-0.2, 0) is 17.0 Å². The quantitative estimate of drug-likeness (QED) is 0.186. The van der Waals surface area contributed by atoms with E-state index in [9.17, 15) is 14.9 Å². The van der Waals surface area contributed by atoms with E-state index in [0.29, 0.717) is 38.9 Å². The summed E-state index contributed by atoms with van der Waals surface area (Å²) in [6, 6.07) is 19.0. The number of nitrogens with one attached hydrogen (secondary N) is 2. The molecular formula is C29H32N6O3S. The van der Waals surface area contributed by atoms with Gasteiger partial charge in [-0.3, -0.25) is 9.79 Å². The van der Waals surface area contributed by atoms with Crippen molar-refractivity contribution < 1.29 is 14.3 Å². The van der Waals surface area contributed by atoms with E-state index in [1.807, 2.05) is 36.4 Å². The number of carbonyl (C=O) groups excluding carboxylic acids is 2. The molecule has 1 heterocycles. The van der Waals surface area contributed by atoms with Crippen LogP contribution < -0.4 is 16.4 Å². The number of pyridine rings is 1. The van der Waals surface area contributed by atoms with Gasteiger partial charge in [0.15, 0.2) is 0 Å². The highest BCUT2D eigenvalue weighted by atomic mass is 32.2. The number of hydrogen-bond donors (Lipinski definition) is 3. The molecule has 2 aromatic carbocycles. The third-order valence-electron chi connectivity index (χ3n) is 5.38. The first kappa shape index (κ1) is 29.2. The van der Waals surface area contributed by atoms with Gasteiger partial charge in [-0.15, -0.1) is 11.8 Å². The average Bonchev–Trinajstić information content (AvgIpc) is 2.90. The minimum atomic E-state index is -0.588. The Hall–Kier alpha value is -4.36. The molecule has 10 heteroatoms. The molecule has 0 aliphatic carbocycles. The highest BCUT2D eigenvalue weighted by Crippen LogP contribution is 2.37. The lowest BCUT2D eigenvalue weighted by Crippen LogP contribution is -2.37. The molecule has 202 valence electrons. The maximum absolute atomic E-state index is 12.6. The summed E-state index contributed by atoms with van der Waals surface area (Å²) < 4.78 is 5.18. The van der Waals surface area contributed by atoms with Gasteiger partial charge in [0.25, 0.3) is 5.91 Å². The van der Waals surface area contributed by atoms with Crippen LogP contribution in [0.4, 0.5) is 10.6 Å². The molecule has 3 rings (SSSR count). The largest absolute Gasteiger partial charge is 0.444 e. The summed E-state index contributed by atoms with van der Waals surface area (Å²) >= 11 is 1.37. The maximum atomic E-state index is 12.6. The van der Waals surface area contributed by atoms with Crippen LogP contribution in [0.5, 0.6) is 0 Å². The zero-order valence-corrected chi connectivity index (χ0v) is 23.1. The van der Waals surface area contributed by atoms with Gasteiger partial charge in [0.05, 0.1) is 12.1 Å². The van der Waals surface area contributed by atoms with Crippen molar-refractivity contribution in [3.8, 4) is 17.2 Å². The van der Waals surface area contributed by atoms with Crippen molar-refractivity contribution >= 4 is 36.3 Å². The van der Waals surface area contributed by atoms with Crippen molar-refractivity contribution in [2.45, 2.75) is 43.7 Å². The van der Waals surface area contributed by atoms with Crippen LogP contribution in [-0.4, -0.2) is 42.4 Å². The molecule has 0 bridgehead atoms. The van der Waals surface area contributed by atoms with Gasteiger partial charge in [-0.05, 0) is 50.7 Å². The monoisotopic (exact) mass is 544 g/mol. The molecule has 0 unspecified atom stereocenters.